The Kier molecular flexibility index (Phi) is 7.27. The number of ether oxygens (including phenoxy) is 1. The van der Waals surface area contributed by atoms with Gasteiger partial charge in [0.2, 0.25) is 0 Å². The third kappa shape index (κ3) is 4.69. The van der Waals surface area contributed by atoms with Crippen molar-refractivity contribution in [3.63, 3.8) is 0 Å². The maximum absolute atomic E-state index is 14.4. The van der Waals surface area contributed by atoms with Crippen LogP contribution in [0.25, 0.3) is 0 Å². The molecule has 34 heavy (non-hydrogen) atoms. The molecule has 2 aromatic rings. The minimum atomic E-state index is -1.23. The molecular formula is C23H22ClF2N3O4S. The summed E-state index contributed by atoms with van der Waals surface area (Å²) in [5.41, 5.74) is 0.790. The molecule has 180 valence electrons. The maximum Gasteiger partial charge on any atom is 0.338 e. The molecular weight excluding hydrogens is 488 g/mol. The van der Waals surface area contributed by atoms with Gasteiger partial charge in [0, 0.05) is 22.8 Å². The molecule has 4 rings (SSSR count). The van der Waals surface area contributed by atoms with Gasteiger partial charge in [-0.1, -0.05) is 17.7 Å². The Bertz CT molecular complexity index is 1160. The van der Waals surface area contributed by atoms with E-state index >= 15 is 0 Å². The van der Waals surface area contributed by atoms with Gasteiger partial charge in [-0.3, -0.25) is 9.79 Å². The number of carbonyl (C=O) groups excluding carboxylic acids is 1. The van der Waals surface area contributed by atoms with Crippen molar-refractivity contribution in [2.24, 2.45) is 16.8 Å². The van der Waals surface area contributed by atoms with Crippen LogP contribution in [0, 0.1) is 23.5 Å². The molecule has 1 aromatic carbocycles. The van der Waals surface area contributed by atoms with E-state index in [4.69, 9.17) is 16.3 Å². The second-order valence-corrected chi connectivity index (χ2v) is 9.31. The molecule has 0 amide bonds. The van der Waals surface area contributed by atoms with Gasteiger partial charge < -0.3 is 15.2 Å². The molecule has 1 atom stereocenters. The van der Waals surface area contributed by atoms with E-state index in [1.807, 2.05) is 0 Å². The molecule has 0 bridgehead atoms. The topological polar surface area (TPSA) is 101 Å². The number of thiazole rings is 1. The van der Waals surface area contributed by atoms with Crippen molar-refractivity contribution in [2.75, 3.05) is 6.61 Å². The molecule has 1 saturated carbocycles. The highest BCUT2D eigenvalue weighted by Gasteiger charge is 2.39. The number of aliphatic carboxylic acids is 1. The number of nitrogens with zero attached hydrogens (tertiary/aromatic N) is 2. The van der Waals surface area contributed by atoms with Gasteiger partial charge in [0.25, 0.3) is 0 Å². The molecule has 0 spiro atoms. The first-order valence-corrected chi connectivity index (χ1v) is 12.1. The number of esters is 1. The second-order valence-electron chi connectivity index (χ2n) is 8.04. The summed E-state index contributed by atoms with van der Waals surface area (Å²) in [6.45, 7) is 1.76. The van der Waals surface area contributed by atoms with Crippen LogP contribution in [0.1, 0.15) is 49.2 Å². The van der Waals surface area contributed by atoms with Crippen molar-refractivity contribution >= 4 is 40.7 Å². The first-order chi connectivity index (χ1) is 16.3. The summed E-state index contributed by atoms with van der Waals surface area (Å²) in [4.78, 5) is 33.5. The average Bonchev–Trinajstić information content (AvgIpc) is 3.37. The molecule has 1 fully saturated rings. The molecule has 7 nitrogen and oxygen atoms in total. The lowest BCUT2D eigenvalue weighted by atomic mass is 9.78. The SMILES string of the molecule is CCOC(=O)C1=C(C2CCC(C(=O)O)CC2)NC(c2nccs2)=NC1c1ccc(F)c(F)c1Cl. The number of nitrogens with one attached hydrogen (secondary N) is 1. The largest absolute Gasteiger partial charge is 0.481 e. The number of carbonyl (C=O) groups is 2. The Hall–Kier alpha value is -2.85. The van der Waals surface area contributed by atoms with Crippen LogP contribution in [-0.2, 0) is 14.3 Å². The van der Waals surface area contributed by atoms with Crippen LogP contribution in [-0.4, -0.2) is 34.5 Å². The van der Waals surface area contributed by atoms with Crippen LogP contribution >= 0.6 is 22.9 Å². The number of aromatic nitrogens is 1. The van der Waals surface area contributed by atoms with Crippen LogP contribution in [0.4, 0.5) is 8.78 Å². The lowest BCUT2D eigenvalue weighted by Gasteiger charge is -2.34. The van der Waals surface area contributed by atoms with Crippen molar-refractivity contribution in [3.05, 3.63) is 62.2 Å². The molecule has 2 N–H and O–H groups in total. The number of aliphatic imine (C=N–C) groups is 1. The number of hydrogen-bond donors (Lipinski definition) is 2. The summed E-state index contributed by atoms with van der Waals surface area (Å²) in [5, 5.41) is 14.4. The van der Waals surface area contributed by atoms with E-state index in [1.165, 1.54) is 17.4 Å². The van der Waals surface area contributed by atoms with Crippen LogP contribution in [0.2, 0.25) is 5.02 Å². The summed E-state index contributed by atoms with van der Waals surface area (Å²) in [6.07, 6.45) is 3.53. The Balaban J connectivity index is 1.85. The number of allylic oxidation sites excluding steroid dienone is 1. The molecule has 1 aromatic heterocycles. The predicted octanol–water partition coefficient (Wildman–Crippen LogP) is 4.87. The number of amidine groups is 1. The van der Waals surface area contributed by atoms with E-state index in [1.54, 1.807) is 18.5 Å². The summed E-state index contributed by atoms with van der Waals surface area (Å²) in [5.74, 6) is -4.10. The first-order valence-electron chi connectivity index (χ1n) is 10.8. The van der Waals surface area contributed by atoms with E-state index in [0.717, 1.165) is 6.07 Å². The van der Waals surface area contributed by atoms with Crippen molar-refractivity contribution in [1.29, 1.82) is 0 Å². The van der Waals surface area contributed by atoms with Crippen LogP contribution in [0.3, 0.4) is 0 Å². The molecule has 1 aliphatic heterocycles. The van der Waals surface area contributed by atoms with Crippen molar-refractivity contribution < 1.29 is 28.2 Å². The van der Waals surface area contributed by atoms with E-state index in [-0.39, 0.29) is 23.7 Å². The normalized spacial score (nSPS) is 22.7. The van der Waals surface area contributed by atoms with Crippen LogP contribution in [0.15, 0.2) is 40.0 Å². The molecule has 0 radical (unpaired) electrons. The summed E-state index contributed by atoms with van der Waals surface area (Å²) < 4.78 is 33.5. The number of carboxylic acid groups (broad SMARTS) is 1. The van der Waals surface area contributed by atoms with E-state index in [9.17, 15) is 23.5 Å². The zero-order chi connectivity index (χ0) is 24.4. The number of carboxylic acids is 1. The van der Waals surface area contributed by atoms with Gasteiger partial charge in [-0.25, -0.2) is 18.6 Å². The lowest BCUT2D eigenvalue weighted by Crippen LogP contribution is -2.38. The third-order valence-electron chi connectivity index (χ3n) is 6.05. The molecule has 1 aliphatic carbocycles. The molecule has 11 heteroatoms. The number of rotatable bonds is 6. The highest BCUT2D eigenvalue weighted by Crippen LogP contribution is 2.42. The summed E-state index contributed by atoms with van der Waals surface area (Å²) in [6, 6.07) is 1.18. The van der Waals surface area contributed by atoms with E-state index < -0.39 is 40.6 Å². The zero-order valence-corrected chi connectivity index (χ0v) is 19.8. The minimum absolute atomic E-state index is 0.0999. The maximum atomic E-state index is 14.4. The Morgan fingerprint density at radius 3 is 2.62 bits per heavy atom. The third-order valence-corrected chi connectivity index (χ3v) is 7.21. The smallest absolute Gasteiger partial charge is 0.338 e. The predicted molar refractivity (Wildman–Crippen MR) is 123 cm³/mol. The van der Waals surface area contributed by atoms with Crippen molar-refractivity contribution in [3.8, 4) is 0 Å². The highest BCUT2D eigenvalue weighted by atomic mass is 35.5. The average molecular weight is 510 g/mol. The highest BCUT2D eigenvalue weighted by molar-refractivity contribution is 7.11. The molecule has 0 saturated heterocycles. The number of benzene rings is 1. The fourth-order valence-corrected chi connectivity index (χ4v) is 5.22. The number of hydrogen-bond acceptors (Lipinski definition) is 7. The van der Waals surface area contributed by atoms with Crippen LogP contribution < -0.4 is 5.32 Å². The summed E-state index contributed by atoms with van der Waals surface area (Å²) >= 11 is 7.50. The second kappa shape index (κ2) is 10.2. The van der Waals surface area contributed by atoms with E-state index in [2.05, 4.69) is 15.3 Å². The van der Waals surface area contributed by atoms with Crippen molar-refractivity contribution in [2.45, 2.75) is 38.6 Å². The van der Waals surface area contributed by atoms with E-state index in [0.29, 0.717) is 42.2 Å². The monoisotopic (exact) mass is 509 g/mol. The van der Waals surface area contributed by atoms with Crippen LogP contribution in [0.5, 0.6) is 0 Å². The fraction of sp³-hybridized carbons (Fsp3) is 0.391. The minimum Gasteiger partial charge on any atom is -0.481 e. The van der Waals surface area contributed by atoms with Crippen molar-refractivity contribution in [1.82, 2.24) is 10.3 Å². The standard InChI is InChI=1S/C23H22ClF2N3O4S/c1-2-33-23(32)15-18(11-3-5-12(6-4-11)22(30)31)28-20(21-27-9-10-34-21)29-19(15)13-7-8-14(25)17(26)16(13)24/h7-12,19H,2-6H2,1H3,(H,28,29)(H,30,31). The Morgan fingerprint density at radius 1 is 1.26 bits per heavy atom. The Morgan fingerprint density at radius 2 is 2.00 bits per heavy atom. The molecule has 2 aliphatic rings. The van der Waals surface area contributed by atoms with Gasteiger partial charge in [-0.15, -0.1) is 11.3 Å². The fourth-order valence-electron chi connectivity index (χ4n) is 4.38. The summed E-state index contributed by atoms with van der Waals surface area (Å²) in [7, 11) is 0. The van der Waals surface area contributed by atoms with Gasteiger partial charge in [0.05, 0.1) is 23.1 Å². The molecule has 1 unspecified atom stereocenters. The molecule has 2 heterocycles. The Labute approximate surface area is 203 Å². The zero-order valence-electron chi connectivity index (χ0n) is 18.2. The lowest BCUT2D eigenvalue weighted by molar-refractivity contribution is -0.143. The van der Waals surface area contributed by atoms with Gasteiger partial charge in [0.15, 0.2) is 22.5 Å². The quantitative estimate of drug-likeness (QED) is 0.425. The van der Waals surface area contributed by atoms with Gasteiger partial charge in [-0.2, -0.15) is 0 Å². The van der Waals surface area contributed by atoms with Gasteiger partial charge >= 0.3 is 11.9 Å². The van der Waals surface area contributed by atoms with Gasteiger partial charge in [-0.05, 0) is 44.6 Å². The van der Waals surface area contributed by atoms with Gasteiger partial charge in [0.1, 0.15) is 6.04 Å². The first kappa shape index (κ1) is 24.3. The number of halogens is 3.